The highest BCUT2D eigenvalue weighted by Crippen LogP contribution is 2.46. The SMILES string of the molecule is CCCCC(CC)CC1(CN)CCC(C)C1. The molecule has 0 bridgehead atoms. The van der Waals surface area contributed by atoms with Gasteiger partial charge in [-0.15, -0.1) is 0 Å². The van der Waals surface area contributed by atoms with Crippen molar-refractivity contribution >= 4 is 0 Å². The minimum Gasteiger partial charge on any atom is -0.330 e. The molecule has 0 heterocycles. The zero-order valence-electron chi connectivity index (χ0n) is 11.6. The molecule has 0 aromatic carbocycles. The summed E-state index contributed by atoms with van der Waals surface area (Å²) in [6, 6.07) is 0. The molecular formula is C15H31N. The summed E-state index contributed by atoms with van der Waals surface area (Å²) in [5.41, 5.74) is 6.57. The van der Waals surface area contributed by atoms with Gasteiger partial charge in [0.05, 0.1) is 0 Å². The van der Waals surface area contributed by atoms with E-state index in [2.05, 4.69) is 20.8 Å². The summed E-state index contributed by atoms with van der Waals surface area (Å²) in [5, 5.41) is 0. The van der Waals surface area contributed by atoms with E-state index < -0.39 is 0 Å². The highest BCUT2D eigenvalue weighted by atomic mass is 14.6. The first-order valence-electron chi connectivity index (χ1n) is 7.36. The van der Waals surface area contributed by atoms with Crippen LogP contribution in [0.2, 0.25) is 0 Å². The maximum atomic E-state index is 6.06. The van der Waals surface area contributed by atoms with Crippen LogP contribution in [0.3, 0.4) is 0 Å². The van der Waals surface area contributed by atoms with Gasteiger partial charge in [0.2, 0.25) is 0 Å². The average Bonchev–Trinajstić information content (AvgIpc) is 2.67. The molecule has 0 radical (unpaired) electrons. The summed E-state index contributed by atoms with van der Waals surface area (Å²) in [6.07, 6.45) is 11.1. The van der Waals surface area contributed by atoms with E-state index in [1.165, 1.54) is 51.4 Å². The van der Waals surface area contributed by atoms with Gasteiger partial charge in [-0.25, -0.2) is 0 Å². The van der Waals surface area contributed by atoms with E-state index in [1.807, 2.05) is 0 Å². The Kier molecular flexibility index (Phi) is 5.82. The normalized spacial score (nSPS) is 31.9. The molecule has 0 aromatic heterocycles. The van der Waals surface area contributed by atoms with Crippen LogP contribution in [0.1, 0.15) is 72.1 Å². The van der Waals surface area contributed by atoms with Crippen molar-refractivity contribution in [2.75, 3.05) is 6.54 Å². The Bertz CT molecular complexity index is 190. The Hall–Kier alpha value is -0.0400. The summed E-state index contributed by atoms with van der Waals surface area (Å²) < 4.78 is 0. The van der Waals surface area contributed by atoms with Crippen LogP contribution in [0.5, 0.6) is 0 Å². The number of hydrogen-bond donors (Lipinski definition) is 1. The Balaban J connectivity index is 2.47. The second-order valence-corrected chi connectivity index (χ2v) is 6.17. The Morgan fingerprint density at radius 1 is 1.38 bits per heavy atom. The number of nitrogens with two attached hydrogens (primary N) is 1. The maximum Gasteiger partial charge on any atom is -0.00203 e. The molecule has 1 saturated carbocycles. The fourth-order valence-corrected chi connectivity index (χ4v) is 3.51. The second-order valence-electron chi connectivity index (χ2n) is 6.17. The van der Waals surface area contributed by atoms with Gasteiger partial charge >= 0.3 is 0 Å². The van der Waals surface area contributed by atoms with E-state index >= 15 is 0 Å². The molecule has 1 aliphatic carbocycles. The van der Waals surface area contributed by atoms with Crippen molar-refractivity contribution in [3.8, 4) is 0 Å². The molecular weight excluding hydrogens is 194 g/mol. The van der Waals surface area contributed by atoms with Crippen molar-refractivity contribution in [1.82, 2.24) is 0 Å². The zero-order chi connectivity index (χ0) is 12.0. The number of hydrogen-bond acceptors (Lipinski definition) is 1. The summed E-state index contributed by atoms with van der Waals surface area (Å²) in [6.45, 7) is 7.95. The first-order valence-corrected chi connectivity index (χ1v) is 7.36. The van der Waals surface area contributed by atoms with E-state index in [1.54, 1.807) is 0 Å². The van der Waals surface area contributed by atoms with Crippen LogP contribution in [0.4, 0.5) is 0 Å². The van der Waals surface area contributed by atoms with Gasteiger partial charge in [-0.1, -0.05) is 52.9 Å². The standard InChI is InChI=1S/C15H31N/c1-4-6-7-14(5-2)11-15(12-16)9-8-13(3)10-15/h13-14H,4-12,16H2,1-3H3. The molecule has 2 N–H and O–H groups in total. The van der Waals surface area contributed by atoms with E-state index in [4.69, 9.17) is 5.73 Å². The molecule has 1 aliphatic rings. The molecule has 1 rings (SSSR count). The molecule has 1 nitrogen and oxygen atoms in total. The highest BCUT2D eigenvalue weighted by Gasteiger charge is 2.37. The molecule has 0 amide bonds. The van der Waals surface area contributed by atoms with Crippen molar-refractivity contribution in [2.45, 2.75) is 72.1 Å². The smallest absolute Gasteiger partial charge is 0.00203 e. The lowest BCUT2D eigenvalue weighted by Crippen LogP contribution is -2.30. The van der Waals surface area contributed by atoms with Crippen LogP contribution in [-0.2, 0) is 0 Å². The van der Waals surface area contributed by atoms with Gasteiger partial charge in [0.1, 0.15) is 0 Å². The fourth-order valence-electron chi connectivity index (χ4n) is 3.51. The lowest BCUT2D eigenvalue weighted by molar-refractivity contribution is 0.209. The van der Waals surface area contributed by atoms with Crippen LogP contribution in [-0.4, -0.2) is 6.54 Å². The molecule has 0 spiro atoms. The molecule has 0 aromatic rings. The third kappa shape index (κ3) is 3.76. The molecule has 3 unspecified atom stereocenters. The number of rotatable bonds is 7. The van der Waals surface area contributed by atoms with E-state index in [0.717, 1.165) is 18.4 Å². The Labute approximate surface area is 102 Å². The van der Waals surface area contributed by atoms with Crippen LogP contribution < -0.4 is 5.73 Å². The first kappa shape index (κ1) is 14.0. The Morgan fingerprint density at radius 2 is 2.12 bits per heavy atom. The number of unbranched alkanes of at least 4 members (excludes halogenated alkanes) is 1. The van der Waals surface area contributed by atoms with Crippen LogP contribution in [0.25, 0.3) is 0 Å². The van der Waals surface area contributed by atoms with E-state index in [9.17, 15) is 0 Å². The molecule has 0 saturated heterocycles. The van der Waals surface area contributed by atoms with Crippen LogP contribution >= 0.6 is 0 Å². The molecule has 96 valence electrons. The largest absolute Gasteiger partial charge is 0.330 e. The summed E-state index contributed by atoms with van der Waals surface area (Å²) in [5.74, 6) is 1.83. The maximum absolute atomic E-state index is 6.06. The third-order valence-electron chi connectivity index (χ3n) is 4.65. The van der Waals surface area contributed by atoms with Gasteiger partial charge in [-0.3, -0.25) is 0 Å². The van der Waals surface area contributed by atoms with E-state index in [-0.39, 0.29) is 0 Å². The van der Waals surface area contributed by atoms with Crippen molar-refractivity contribution < 1.29 is 0 Å². The van der Waals surface area contributed by atoms with Crippen LogP contribution in [0.15, 0.2) is 0 Å². The zero-order valence-corrected chi connectivity index (χ0v) is 11.6. The second kappa shape index (κ2) is 6.64. The van der Waals surface area contributed by atoms with Gasteiger partial charge < -0.3 is 5.73 Å². The summed E-state index contributed by atoms with van der Waals surface area (Å²) in [7, 11) is 0. The van der Waals surface area contributed by atoms with Crippen molar-refractivity contribution in [3.63, 3.8) is 0 Å². The first-order chi connectivity index (χ1) is 7.65. The molecule has 1 fully saturated rings. The van der Waals surface area contributed by atoms with Gasteiger partial charge in [-0.2, -0.15) is 0 Å². The van der Waals surface area contributed by atoms with Crippen molar-refractivity contribution in [1.29, 1.82) is 0 Å². The minimum absolute atomic E-state index is 0.508. The Morgan fingerprint density at radius 3 is 2.56 bits per heavy atom. The van der Waals surface area contributed by atoms with Gasteiger partial charge in [-0.05, 0) is 43.1 Å². The average molecular weight is 225 g/mol. The monoisotopic (exact) mass is 225 g/mol. The minimum atomic E-state index is 0.508. The summed E-state index contributed by atoms with van der Waals surface area (Å²) >= 11 is 0. The van der Waals surface area contributed by atoms with Crippen molar-refractivity contribution in [2.24, 2.45) is 23.0 Å². The quantitative estimate of drug-likeness (QED) is 0.684. The lowest BCUT2D eigenvalue weighted by atomic mass is 9.75. The highest BCUT2D eigenvalue weighted by molar-refractivity contribution is 4.90. The predicted molar refractivity (Wildman–Crippen MR) is 72.4 cm³/mol. The summed E-state index contributed by atoms with van der Waals surface area (Å²) in [4.78, 5) is 0. The third-order valence-corrected chi connectivity index (χ3v) is 4.65. The van der Waals surface area contributed by atoms with Crippen molar-refractivity contribution in [3.05, 3.63) is 0 Å². The van der Waals surface area contributed by atoms with Gasteiger partial charge in [0.15, 0.2) is 0 Å². The molecule has 0 aliphatic heterocycles. The fraction of sp³-hybridized carbons (Fsp3) is 1.00. The van der Waals surface area contributed by atoms with Gasteiger partial charge in [0, 0.05) is 0 Å². The topological polar surface area (TPSA) is 26.0 Å². The molecule has 16 heavy (non-hydrogen) atoms. The van der Waals surface area contributed by atoms with Gasteiger partial charge in [0.25, 0.3) is 0 Å². The van der Waals surface area contributed by atoms with Crippen LogP contribution in [0, 0.1) is 17.3 Å². The molecule has 1 heteroatoms. The molecule has 3 atom stereocenters. The predicted octanol–water partition coefficient (Wildman–Crippen LogP) is 4.36. The van der Waals surface area contributed by atoms with E-state index in [0.29, 0.717) is 5.41 Å². The lowest BCUT2D eigenvalue weighted by Gasteiger charge is -2.32.